The number of carbonyl (C=O) groups excluding carboxylic acids is 1. The number of ether oxygens (including phenoxy) is 1. The number of nitrogens with one attached hydrogen (secondary N) is 2. The lowest BCUT2D eigenvalue weighted by Crippen LogP contribution is -2.14. The van der Waals surface area contributed by atoms with Gasteiger partial charge in [0, 0.05) is 12.2 Å². The highest BCUT2D eigenvalue weighted by Gasteiger charge is 2.08. The molecule has 0 bridgehead atoms. The Bertz CT molecular complexity index is 907. The van der Waals surface area contributed by atoms with Crippen molar-refractivity contribution in [3.63, 3.8) is 0 Å². The SMILES string of the molecule is COc1ccccc1CCNc1ccc(C(=O)Nc2cccc(C)c2)nc1. The van der Waals surface area contributed by atoms with Crippen LogP contribution in [-0.2, 0) is 6.42 Å². The average Bonchev–Trinajstić information content (AvgIpc) is 2.69. The summed E-state index contributed by atoms with van der Waals surface area (Å²) in [6.45, 7) is 2.73. The van der Waals surface area contributed by atoms with Gasteiger partial charge in [0.2, 0.25) is 0 Å². The molecule has 2 N–H and O–H groups in total. The summed E-state index contributed by atoms with van der Waals surface area (Å²) in [5.74, 6) is 0.668. The van der Waals surface area contributed by atoms with E-state index in [4.69, 9.17) is 4.74 Å². The molecule has 3 aromatic rings. The maximum Gasteiger partial charge on any atom is 0.274 e. The molecule has 1 aromatic heterocycles. The summed E-state index contributed by atoms with van der Waals surface area (Å²) in [6, 6.07) is 19.2. The van der Waals surface area contributed by atoms with Crippen molar-refractivity contribution in [3.8, 4) is 5.75 Å². The van der Waals surface area contributed by atoms with Crippen molar-refractivity contribution >= 4 is 17.3 Å². The fraction of sp³-hybridized carbons (Fsp3) is 0.182. The molecule has 0 aliphatic heterocycles. The van der Waals surface area contributed by atoms with E-state index in [9.17, 15) is 4.79 Å². The maximum absolute atomic E-state index is 12.3. The molecule has 0 radical (unpaired) electrons. The van der Waals surface area contributed by atoms with E-state index in [-0.39, 0.29) is 5.91 Å². The van der Waals surface area contributed by atoms with E-state index in [0.717, 1.165) is 41.2 Å². The minimum absolute atomic E-state index is 0.221. The number of amides is 1. The van der Waals surface area contributed by atoms with E-state index < -0.39 is 0 Å². The molecule has 0 saturated carbocycles. The molecule has 0 atom stereocenters. The number of anilines is 2. The lowest BCUT2D eigenvalue weighted by atomic mass is 10.1. The number of nitrogens with zero attached hydrogens (tertiary/aromatic N) is 1. The van der Waals surface area contributed by atoms with Crippen LogP contribution in [0.4, 0.5) is 11.4 Å². The van der Waals surface area contributed by atoms with Crippen molar-refractivity contribution < 1.29 is 9.53 Å². The van der Waals surface area contributed by atoms with Gasteiger partial charge in [0.1, 0.15) is 11.4 Å². The van der Waals surface area contributed by atoms with E-state index in [0.29, 0.717) is 5.69 Å². The van der Waals surface area contributed by atoms with Crippen molar-refractivity contribution in [1.29, 1.82) is 0 Å². The van der Waals surface area contributed by atoms with Gasteiger partial charge in [-0.1, -0.05) is 30.3 Å². The quantitative estimate of drug-likeness (QED) is 0.658. The normalized spacial score (nSPS) is 10.3. The number of pyridine rings is 1. The predicted molar refractivity (Wildman–Crippen MR) is 109 cm³/mol. The van der Waals surface area contributed by atoms with E-state index in [1.54, 1.807) is 19.4 Å². The Balaban J connectivity index is 1.54. The molecule has 1 heterocycles. The molecule has 0 aliphatic carbocycles. The first-order valence-corrected chi connectivity index (χ1v) is 8.85. The third kappa shape index (κ3) is 5.07. The van der Waals surface area contributed by atoms with Gasteiger partial charge in [-0.3, -0.25) is 4.79 Å². The molecule has 3 rings (SSSR count). The molecule has 2 aromatic carbocycles. The molecule has 0 fully saturated rings. The number of methoxy groups -OCH3 is 1. The van der Waals surface area contributed by atoms with Gasteiger partial charge in [0.05, 0.1) is 19.0 Å². The Hall–Kier alpha value is -3.34. The fourth-order valence-corrected chi connectivity index (χ4v) is 2.80. The number of carbonyl (C=O) groups is 1. The number of aromatic nitrogens is 1. The highest BCUT2D eigenvalue weighted by Crippen LogP contribution is 2.18. The summed E-state index contributed by atoms with van der Waals surface area (Å²) in [5, 5.41) is 6.18. The molecule has 5 heteroatoms. The zero-order valence-corrected chi connectivity index (χ0v) is 15.5. The number of para-hydroxylation sites is 1. The fourth-order valence-electron chi connectivity index (χ4n) is 2.80. The molecule has 27 heavy (non-hydrogen) atoms. The third-order valence-electron chi connectivity index (χ3n) is 4.19. The number of rotatable bonds is 7. The van der Waals surface area contributed by atoms with Crippen molar-refractivity contribution in [2.75, 3.05) is 24.3 Å². The van der Waals surface area contributed by atoms with Crippen LogP contribution in [0.5, 0.6) is 5.75 Å². The van der Waals surface area contributed by atoms with Crippen LogP contribution in [-0.4, -0.2) is 24.5 Å². The molecule has 0 aliphatic rings. The zero-order valence-electron chi connectivity index (χ0n) is 15.5. The number of benzene rings is 2. The molecule has 0 spiro atoms. The summed E-state index contributed by atoms with van der Waals surface area (Å²) in [5.41, 5.74) is 4.26. The summed E-state index contributed by atoms with van der Waals surface area (Å²) >= 11 is 0. The van der Waals surface area contributed by atoms with E-state index >= 15 is 0 Å². The van der Waals surface area contributed by atoms with Gasteiger partial charge >= 0.3 is 0 Å². The van der Waals surface area contributed by atoms with Crippen LogP contribution in [0.15, 0.2) is 66.9 Å². The van der Waals surface area contributed by atoms with Crippen LogP contribution >= 0.6 is 0 Å². The molecule has 5 nitrogen and oxygen atoms in total. The Morgan fingerprint density at radius 3 is 2.63 bits per heavy atom. The molecule has 138 valence electrons. The topological polar surface area (TPSA) is 63.2 Å². The molecular weight excluding hydrogens is 338 g/mol. The summed E-state index contributed by atoms with van der Waals surface area (Å²) in [4.78, 5) is 16.6. The first-order chi connectivity index (χ1) is 13.2. The standard InChI is InChI=1S/C22H23N3O2/c1-16-6-5-8-18(14-16)25-22(26)20-11-10-19(15-24-20)23-13-12-17-7-3-4-9-21(17)27-2/h3-11,14-15,23H,12-13H2,1-2H3,(H,25,26). The molecular formula is C22H23N3O2. The average molecular weight is 361 g/mol. The Labute approximate surface area is 159 Å². The van der Waals surface area contributed by atoms with Gasteiger partial charge in [-0.2, -0.15) is 0 Å². The van der Waals surface area contributed by atoms with Crippen LogP contribution in [0.1, 0.15) is 21.6 Å². The second-order valence-electron chi connectivity index (χ2n) is 6.24. The largest absolute Gasteiger partial charge is 0.496 e. The van der Waals surface area contributed by atoms with E-state index in [1.165, 1.54) is 0 Å². The monoisotopic (exact) mass is 361 g/mol. The number of aryl methyl sites for hydroxylation is 1. The summed E-state index contributed by atoms with van der Waals surface area (Å²) < 4.78 is 5.36. The second-order valence-corrected chi connectivity index (χ2v) is 6.24. The van der Waals surface area contributed by atoms with Crippen LogP contribution in [0.2, 0.25) is 0 Å². The van der Waals surface area contributed by atoms with Crippen molar-refractivity contribution in [2.45, 2.75) is 13.3 Å². The lowest BCUT2D eigenvalue weighted by Gasteiger charge is -2.10. The highest BCUT2D eigenvalue weighted by atomic mass is 16.5. The second kappa shape index (κ2) is 8.85. The maximum atomic E-state index is 12.3. The van der Waals surface area contributed by atoms with Crippen LogP contribution in [0.25, 0.3) is 0 Å². The minimum atomic E-state index is -0.221. The van der Waals surface area contributed by atoms with Crippen LogP contribution in [0, 0.1) is 6.92 Å². The van der Waals surface area contributed by atoms with Crippen LogP contribution < -0.4 is 15.4 Å². The Kier molecular flexibility index (Phi) is 6.05. The van der Waals surface area contributed by atoms with Crippen molar-refractivity contribution in [1.82, 2.24) is 4.98 Å². The van der Waals surface area contributed by atoms with Crippen LogP contribution in [0.3, 0.4) is 0 Å². The lowest BCUT2D eigenvalue weighted by molar-refractivity contribution is 0.102. The number of hydrogen-bond donors (Lipinski definition) is 2. The van der Waals surface area contributed by atoms with Gasteiger partial charge in [0.25, 0.3) is 5.91 Å². The summed E-state index contributed by atoms with van der Waals surface area (Å²) in [6.07, 6.45) is 2.51. The predicted octanol–water partition coefficient (Wildman–Crippen LogP) is 4.31. The zero-order chi connectivity index (χ0) is 19.1. The first kappa shape index (κ1) is 18.5. The minimum Gasteiger partial charge on any atom is -0.496 e. The van der Waals surface area contributed by atoms with Gasteiger partial charge in [-0.15, -0.1) is 0 Å². The van der Waals surface area contributed by atoms with Gasteiger partial charge < -0.3 is 15.4 Å². The first-order valence-electron chi connectivity index (χ1n) is 8.85. The van der Waals surface area contributed by atoms with Gasteiger partial charge in [0.15, 0.2) is 0 Å². The van der Waals surface area contributed by atoms with Crippen molar-refractivity contribution in [2.24, 2.45) is 0 Å². The van der Waals surface area contributed by atoms with Crippen molar-refractivity contribution in [3.05, 3.63) is 83.7 Å². The number of hydrogen-bond acceptors (Lipinski definition) is 4. The Morgan fingerprint density at radius 1 is 1.04 bits per heavy atom. The molecule has 1 amide bonds. The van der Waals surface area contributed by atoms with E-state index in [2.05, 4.69) is 21.7 Å². The molecule has 0 unspecified atom stereocenters. The van der Waals surface area contributed by atoms with Gasteiger partial charge in [-0.05, 0) is 54.8 Å². The summed E-state index contributed by atoms with van der Waals surface area (Å²) in [7, 11) is 1.68. The third-order valence-corrected chi connectivity index (χ3v) is 4.19. The van der Waals surface area contributed by atoms with Gasteiger partial charge in [-0.25, -0.2) is 4.98 Å². The Morgan fingerprint density at radius 2 is 1.89 bits per heavy atom. The van der Waals surface area contributed by atoms with E-state index in [1.807, 2.05) is 55.5 Å². The smallest absolute Gasteiger partial charge is 0.274 e. The molecule has 0 saturated heterocycles. The highest BCUT2D eigenvalue weighted by molar-refractivity contribution is 6.02.